The topological polar surface area (TPSA) is 111 Å². The molecular formula is C16H26F3N5O5S. The summed E-state index contributed by atoms with van der Waals surface area (Å²) in [6, 6.07) is -0.173. The van der Waals surface area contributed by atoms with Crippen molar-refractivity contribution >= 4 is 22.3 Å². The third kappa shape index (κ3) is 3.02. The normalized spacial score (nSPS) is 28.4. The first kappa shape index (κ1) is 20.1. The zero-order valence-electron chi connectivity index (χ0n) is 16.0. The molecule has 1 aliphatic carbocycles. The monoisotopic (exact) mass is 457 g/mol. The molecule has 5 aliphatic rings. The molecule has 172 valence electrons. The SMILES string of the molecule is O=C1NC2(CO1)CN(C(=O)N1CC3(C1)CN(S(=O)(=O)NCC1(C(F)(F)F)CC1)C3)C2.[HH].[HH]. The van der Waals surface area contributed by atoms with Gasteiger partial charge in [0, 0.05) is 41.0 Å². The second-order valence-electron chi connectivity index (χ2n) is 9.35. The number of amides is 3. The Kier molecular flexibility index (Phi) is 3.97. The first-order valence-electron chi connectivity index (χ1n) is 9.67. The van der Waals surface area contributed by atoms with Crippen LogP contribution in [0.15, 0.2) is 0 Å². The van der Waals surface area contributed by atoms with Gasteiger partial charge in [0.05, 0.1) is 18.5 Å². The minimum absolute atomic E-state index is 0. The molecule has 14 heteroatoms. The maximum atomic E-state index is 13.0. The van der Waals surface area contributed by atoms with Crippen LogP contribution >= 0.6 is 0 Å². The molecule has 3 amide bonds. The molecule has 10 nitrogen and oxygen atoms in total. The van der Waals surface area contributed by atoms with Crippen molar-refractivity contribution in [1.29, 1.82) is 0 Å². The summed E-state index contributed by atoms with van der Waals surface area (Å²) in [6.45, 7) is 1.49. The number of ether oxygens (including phenoxy) is 1. The van der Waals surface area contributed by atoms with Crippen LogP contribution in [0.4, 0.5) is 22.8 Å². The Balaban J connectivity index is 0.00000144. The summed E-state index contributed by atoms with van der Waals surface area (Å²) >= 11 is 0. The van der Waals surface area contributed by atoms with Crippen molar-refractivity contribution in [2.24, 2.45) is 10.8 Å². The Morgan fingerprint density at radius 3 is 2.23 bits per heavy atom. The van der Waals surface area contributed by atoms with Crippen molar-refractivity contribution in [2.75, 3.05) is 52.4 Å². The van der Waals surface area contributed by atoms with Gasteiger partial charge in [0.1, 0.15) is 12.1 Å². The Bertz CT molecular complexity index is 896. The maximum absolute atomic E-state index is 13.0. The standard InChI is InChI=1S/C16H22F3N5O5S.2H2/c17-16(18,19)14(1-2-14)3-20-30(27,28)24-6-13(7-24)4-22(5-13)12(26)23-8-15(9-23)10-29-11(25)21-15;;/h20H,1-10H2,(H,21,25);2*1H. The van der Waals surface area contributed by atoms with Crippen LogP contribution in [0, 0.1) is 10.8 Å². The number of nitrogens with one attached hydrogen (secondary N) is 2. The van der Waals surface area contributed by atoms with Crippen LogP contribution in [0.2, 0.25) is 0 Å². The quantitative estimate of drug-likeness (QED) is 0.626. The average molecular weight is 457 g/mol. The van der Waals surface area contributed by atoms with Gasteiger partial charge in [-0.1, -0.05) is 0 Å². The van der Waals surface area contributed by atoms with Gasteiger partial charge in [-0.05, 0) is 12.8 Å². The number of likely N-dealkylation sites (tertiary alicyclic amines) is 2. The third-order valence-electron chi connectivity index (χ3n) is 6.84. The predicted molar refractivity (Wildman–Crippen MR) is 98.6 cm³/mol. The second kappa shape index (κ2) is 5.91. The predicted octanol–water partition coefficient (Wildman–Crippen LogP) is 0.187. The number of alkyl halides is 3. The molecular weight excluding hydrogens is 431 g/mol. The van der Waals surface area contributed by atoms with Crippen molar-refractivity contribution < 1.29 is 38.8 Å². The first-order valence-corrected chi connectivity index (χ1v) is 11.1. The number of carbonyl (C=O) groups excluding carboxylic acids is 2. The van der Waals surface area contributed by atoms with Gasteiger partial charge in [0.2, 0.25) is 0 Å². The van der Waals surface area contributed by atoms with E-state index in [-0.39, 0.29) is 46.8 Å². The molecule has 2 spiro atoms. The number of halogens is 3. The summed E-state index contributed by atoms with van der Waals surface area (Å²) in [5.41, 5.74) is -2.77. The van der Waals surface area contributed by atoms with Crippen LogP contribution in [0.3, 0.4) is 0 Å². The fourth-order valence-corrected chi connectivity index (χ4v) is 6.21. The zero-order chi connectivity index (χ0) is 21.6. The number of hydrogen-bond donors (Lipinski definition) is 2. The van der Waals surface area contributed by atoms with E-state index in [0.717, 1.165) is 4.31 Å². The smallest absolute Gasteiger partial charge is 0.407 e. The number of cyclic esters (lactones) is 1. The summed E-state index contributed by atoms with van der Waals surface area (Å²) in [6.07, 6.45) is -5.03. The van der Waals surface area contributed by atoms with Crippen LogP contribution < -0.4 is 10.0 Å². The summed E-state index contributed by atoms with van der Waals surface area (Å²) in [7, 11) is -3.98. The van der Waals surface area contributed by atoms with E-state index in [1.807, 2.05) is 0 Å². The molecule has 0 radical (unpaired) electrons. The van der Waals surface area contributed by atoms with E-state index in [0.29, 0.717) is 26.2 Å². The number of rotatable bonds is 4. The molecule has 5 fully saturated rings. The van der Waals surface area contributed by atoms with E-state index in [2.05, 4.69) is 10.0 Å². The van der Waals surface area contributed by atoms with Crippen molar-refractivity contribution in [2.45, 2.75) is 24.6 Å². The lowest BCUT2D eigenvalue weighted by Gasteiger charge is -2.60. The zero-order valence-corrected chi connectivity index (χ0v) is 16.8. The number of alkyl carbamates (subject to hydrolysis) is 1. The lowest BCUT2D eigenvalue weighted by Crippen LogP contribution is -2.78. The molecule has 30 heavy (non-hydrogen) atoms. The third-order valence-corrected chi connectivity index (χ3v) is 8.29. The summed E-state index contributed by atoms with van der Waals surface area (Å²) in [5, 5.41) is 2.70. The molecule has 0 aromatic rings. The van der Waals surface area contributed by atoms with Gasteiger partial charge in [0.25, 0.3) is 10.2 Å². The molecule has 5 rings (SSSR count). The minimum atomic E-state index is -4.41. The molecule has 0 unspecified atom stereocenters. The van der Waals surface area contributed by atoms with Crippen molar-refractivity contribution in [3.63, 3.8) is 0 Å². The lowest BCUT2D eigenvalue weighted by molar-refractivity contribution is -0.184. The minimum Gasteiger partial charge on any atom is -0.447 e. The molecule has 2 N–H and O–H groups in total. The lowest BCUT2D eigenvalue weighted by atomic mass is 9.74. The average Bonchev–Trinajstić information content (AvgIpc) is 3.24. The molecule has 0 aromatic carbocycles. The van der Waals surface area contributed by atoms with E-state index in [1.165, 1.54) is 0 Å². The van der Waals surface area contributed by atoms with E-state index in [1.54, 1.807) is 9.80 Å². The Hall–Kier alpha value is -1.80. The van der Waals surface area contributed by atoms with Gasteiger partial charge in [0.15, 0.2) is 0 Å². The highest BCUT2D eigenvalue weighted by molar-refractivity contribution is 7.87. The van der Waals surface area contributed by atoms with Crippen LogP contribution in [0.25, 0.3) is 0 Å². The first-order chi connectivity index (χ1) is 13.9. The highest BCUT2D eigenvalue weighted by Crippen LogP contribution is 2.57. The highest BCUT2D eigenvalue weighted by atomic mass is 32.2. The van der Waals surface area contributed by atoms with Gasteiger partial charge >= 0.3 is 18.3 Å². The fourth-order valence-electron chi connectivity index (χ4n) is 4.68. The van der Waals surface area contributed by atoms with Crippen molar-refractivity contribution in [3.8, 4) is 0 Å². The fraction of sp³-hybridized carbons (Fsp3) is 0.875. The molecule has 0 bridgehead atoms. The van der Waals surface area contributed by atoms with Gasteiger partial charge < -0.3 is 19.9 Å². The van der Waals surface area contributed by atoms with Crippen LogP contribution in [-0.2, 0) is 14.9 Å². The molecule has 4 aliphatic heterocycles. The summed E-state index contributed by atoms with van der Waals surface area (Å²) in [4.78, 5) is 26.9. The van der Waals surface area contributed by atoms with Gasteiger partial charge in [-0.2, -0.15) is 25.9 Å². The Morgan fingerprint density at radius 1 is 1.13 bits per heavy atom. The number of nitrogens with zero attached hydrogens (tertiary/aromatic N) is 3. The van der Waals surface area contributed by atoms with E-state index in [9.17, 15) is 31.2 Å². The molecule has 0 atom stereocenters. The molecule has 1 saturated carbocycles. The largest absolute Gasteiger partial charge is 0.447 e. The highest BCUT2D eigenvalue weighted by Gasteiger charge is 2.64. The van der Waals surface area contributed by atoms with Crippen LogP contribution in [0.1, 0.15) is 15.7 Å². The second-order valence-corrected chi connectivity index (χ2v) is 11.1. The summed E-state index contributed by atoms with van der Waals surface area (Å²) in [5.74, 6) is 0. The maximum Gasteiger partial charge on any atom is 0.407 e. The number of urea groups is 1. The van der Waals surface area contributed by atoms with Gasteiger partial charge in [-0.15, -0.1) is 0 Å². The van der Waals surface area contributed by atoms with Gasteiger partial charge in [-0.25, -0.2) is 14.3 Å². The molecule has 4 heterocycles. The van der Waals surface area contributed by atoms with Gasteiger partial charge in [-0.3, -0.25) is 0 Å². The number of carbonyl (C=O) groups is 2. The van der Waals surface area contributed by atoms with Crippen molar-refractivity contribution in [3.05, 3.63) is 0 Å². The van der Waals surface area contributed by atoms with Crippen molar-refractivity contribution in [1.82, 2.24) is 24.1 Å². The Labute approximate surface area is 173 Å². The molecule has 0 aromatic heterocycles. The number of hydrogen-bond acceptors (Lipinski definition) is 5. The van der Waals surface area contributed by atoms with Crippen LogP contribution in [-0.4, -0.2) is 98.8 Å². The van der Waals surface area contributed by atoms with E-state index < -0.39 is 40.0 Å². The molecule has 4 saturated heterocycles. The van der Waals surface area contributed by atoms with E-state index >= 15 is 0 Å². The van der Waals surface area contributed by atoms with E-state index in [4.69, 9.17) is 4.74 Å². The Morgan fingerprint density at radius 2 is 1.73 bits per heavy atom. The summed E-state index contributed by atoms with van der Waals surface area (Å²) < 4.78 is 71.6. The van der Waals surface area contributed by atoms with Crippen LogP contribution in [0.5, 0.6) is 0 Å².